The highest BCUT2D eigenvalue weighted by atomic mass is 16.5. The highest BCUT2D eigenvalue weighted by molar-refractivity contribution is 5.92. The van der Waals surface area contributed by atoms with Crippen molar-refractivity contribution in [3.63, 3.8) is 0 Å². The van der Waals surface area contributed by atoms with E-state index in [1.165, 1.54) is 31.4 Å². The largest absolute Gasteiger partial charge is 0.380 e. The summed E-state index contributed by atoms with van der Waals surface area (Å²) in [4.78, 5) is 14.5. The zero-order chi connectivity index (χ0) is 16.2. The first-order chi connectivity index (χ1) is 11.2. The number of hydrogen-bond acceptors (Lipinski definition) is 3. The molecule has 23 heavy (non-hydrogen) atoms. The average molecular weight is 319 g/mol. The maximum Gasteiger partial charge on any atom is 0.267 e. The lowest BCUT2D eigenvalue weighted by atomic mass is 9.99. The number of amides is 1. The Morgan fingerprint density at radius 1 is 1.30 bits per heavy atom. The van der Waals surface area contributed by atoms with Gasteiger partial charge in [-0.2, -0.15) is 0 Å². The summed E-state index contributed by atoms with van der Waals surface area (Å²) >= 11 is 0. The van der Waals surface area contributed by atoms with Gasteiger partial charge in [0.2, 0.25) is 0 Å². The van der Waals surface area contributed by atoms with Crippen LogP contribution in [0, 0.1) is 5.92 Å². The van der Waals surface area contributed by atoms with Gasteiger partial charge in [0.05, 0.1) is 12.6 Å². The Labute approximate surface area is 139 Å². The van der Waals surface area contributed by atoms with Crippen molar-refractivity contribution in [2.45, 2.75) is 38.1 Å². The summed E-state index contributed by atoms with van der Waals surface area (Å²) in [6.45, 7) is 3.86. The molecule has 0 spiro atoms. The van der Waals surface area contributed by atoms with E-state index in [9.17, 15) is 4.79 Å². The molecule has 0 radical (unpaired) electrons. The second kappa shape index (κ2) is 7.49. The van der Waals surface area contributed by atoms with Crippen LogP contribution in [-0.4, -0.2) is 48.7 Å². The third kappa shape index (κ3) is 3.96. The van der Waals surface area contributed by atoms with Gasteiger partial charge in [0.1, 0.15) is 5.69 Å². The summed E-state index contributed by atoms with van der Waals surface area (Å²) in [5.74, 6) is 0.809. The van der Waals surface area contributed by atoms with Gasteiger partial charge >= 0.3 is 0 Å². The first kappa shape index (κ1) is 16.5. The Bertz CT molecular complexity index is 536. The van der Waals surface area contributed by atoms with Crippen molar-refractivity contribution in [2.24, 2.45) is 13.0 Å². The molecule has 1 aliphatic heterocycles. The average Bonchev–Trinajstić information content (AvgIpc) is 3.32. The smallest absolute Gasteiger partial charge is 0.267 e. The van der Waals surface area contributed by atoms with Crippen LogP contribution in [0.15, 0.2) is 12.1 Å². The minimum atomic E-state index is -0.0196. The SMILES string of the molecule is CNC(=O)c1ccc(C2CCCCN2CCOCC2CC2)n1C. The van der Waals surface area contributed by atoms with Crippen molar-refractivity contribution >= 4 is 5.91 Å². The van der Waals surface area contributed by atoms with Gasteiger partial charge in [0, 0.05) is 32.9 Å². The fourth-order valence-corrected chi connectivity index (χ4v) is 3.53. The number of carbonyl (C=O) groups excluding carboxylic acids is 1. The summed E-state index contributed by atoms with van der Waals surface area (Å²) in [6, 6.07) is 4.44. The summed E-state index contributed by atoms with van der Waals surface area (Å²) in [5.41, 5.74) is 1.98. The zero-order valence-electron chi connectivity index (χ0n) is 14.4. The minimum Gasteiger partial charge on any atom is -0.380 e. The van der Waals surface area contributed by atoms with Crippen LogP contribution in [0.4, 0.5) is 0 Å². The molecular weight excluding hydrogens is 290 g/mol. The third-order valence-corrected chi connectivity index (χ3v) is 5.15. The van der Waals surface area contributed by atoms with Crippen LogP contribution >= 0.6 is 0 Å². The van der Waals surface area contributed by atoms with Crippen LogP contribution in [-0.2, 0) is 11.8 Å². The van der Waals surface area contributed by atoms with Crippen LogP contribution in [0.3, 0.4) is 0 Å². The number of piperidine rings is 1. The summed E-state index contributed by atoms with van der Waals surface area (Å²) in [5, 5.41) is 2.71. The summed E-state index contributed by atoms with van der Waals surface area (Å²) in [7, 11) is 3.68. The predicted molar refractivity (Wildman–Crippen MR) is 90.5 cm³/mol. The second-order valence-corrected chi connectivity index (χ2v) is 6.85. The number of ether oxygens (including phenoxy) is 1. The predicted octanol–water partition coefficient (Wildman–Crippen LogP) is 2.34. The highest BCUT2D eigenvalue weighted by Gasteiger charge is 2.27. The van der Waals surface area contributed by atoms with Crippen molar-refractivity contribution in [3.8, 4) is 0 Å². The number of hydrogen-bond donors (Lipinski definition) is 1. The first-order valence-electron chi connectivity index (χ1n) is 8.90. The molecular formula is C18H29N3O2. The molecule has 1 aliphatic carbocycles. The van der Waals surface area contributed by atoms with E-state index in [2.05, 4.69) is 16.3 Å². The molecule has 1 unspecified atom stereocenters. The first-order valence-corrected chi connectivity index (χ1v) is 8.90. The lowest BCUT2D eigenvalue weighted by Gasteiger charge is -2.36. The number of likely N-dealkylation sites (tertiary alicyclic amines) is 1. The van der Waals surface area contributed by atoms with Crippen molar-refractivity contribution in [2.75, 3.05) is 33.4 Å². The molecule has 1 saturated heterocycles. The maximum absolute atomic E-state index is 11.9. The van der Waals surface area contributed by atoms with Crippen molar-refractivity contribution < 1.29 is 9.53 Å². The molecule has 0 aromatic carbocycles. The lowest BCUT2D eigenvalue weighted by molar-refractivity contribution is 0.0648. The number of nitrogens with one attached hydrogen (secondary N) is 1. The molecule has 3 rings (SSSR count). The molecule has 128 valence electrons. The number of rotatable bonds is 7. The van der Waals surface area contributed by atoms with Crippen molar-refractivity contribution in [1.82, 2.24) is 14.8 Å². The molecule has 1 aromatic heterocycles. The van der Waals surface area contributed by atoms with Gasteiger partial charge in [-0.1, -0.05) is 6.42 Å². The van der Waals surface area contributed by atoms with Crippen LogP contribution in [0.25, 0.3) is 0 Å². The Morgan fingerprint density at radius 3 is 2.87 bits per heavy atom. The third-order valence-electron chi connectivity index (χ3n) is 5.15. The van der Waals surface area contributed by atoms with Gasteiger partial charge in [-0.05, 0) is 50.3 Å². The highest BCUT2D eigenvalue weighted by Crippen LogP contribution is 2.32. The van der Waals surface area contributed by atoms with Crippen molar-refractivity contribution in [3.05, 3.63) is 23.5 Å². The van der Waals surface area contributed by atoms with E-state index in [1.54, 1.807) is 7.05 Å². The van der Waals surface area contributed by atoms with E-state index in [1.807, 2.05) is 17.7 Å². The van der Waals surface area contributed by atoms with Gasteiger partial charge in [-0.25, -0.2) is 0 Å². The lowest BCUT2D eigenvalue weighted by Crippen LogP contribution is -2.37. The molecule has 2 heterocycles. The molecule has 1 aromatic rings. The Balaban J connectivity index is 1.63. The fraction of sp³-hybridized carbons (Fsp3) is 0.722. The molecule has 0 bridgehead atoms. The standard InChI is InChI=1S/C18H29N3O2/c1-19-18(22)17-9-8-15(20(17)2)16-5-3-4-10-21(16)11-12-23-13-14-6-7-14/h8-9,14,16H,3-7,10-13H2,1-2H3,(H,19,22). The Morgan fingerprint density at radius 2 is 2.13 bits per heavy atom. The molecule has 2 fully saturated rings. The Kier molecular flexibility index (Phi) is 5.38. The van der Waals surface area contributed by atoms with E-state index >= 15 is 0 Å². The minimum absolute atomic E-state index is 0.0196. The molecule has 1 amide bonds. The normalized spacial score (nSPS) is 22.3. The van der Waals surface area contributed by atoms with E-state index in [0.29, 0.717) is 6.04 Å². The van der Waals surface area contributed by atoms with Crippen LogP contribution in [0.5, 0.6) is 0 Å². The van der Waals surface area contributed by atoms with Gasteiger partial charge in [-0.15, -0.1) is 0 Å². The van der Waals surface area contributed by atoms with Crippen LogP contribution in [0.1, 0.15) is 54.3 Å². The number of aromatic nitrogens is 1. The summed E-state index contributed by atoms with van der Waals surface area (Å²) < 4.78 is 7.87. The van der Waals surface area contributed by atoms with Gasteiger partial charge in [0.25, 0.3) is 5.91 Å². The van der Waals surface area contributed by atoms with Gasteiger partial charge in [0.15, 0.2) is 0 Å². The van der Waals surface area contributed by atoms with E-state index in [0.717, 1.165) is 44.3 Å². The maximum atomic E-state index is 11.9. The summed E-state index contributed by atoms with van der Waals surface area (Å²) in [6.07, 6.45) is 6.36. The molecule has 2 aliphatic rings. The van der Waals surface area contributed by atoms with Crippen LogP contribution < -0.4 is 5.32 Å². The number of carbonyl (C=O) groups is 1. The number of nitrogens with zero attached hydrogens (tertiary/aromatic N) is 2. The van der Waals surface area contributed by atoms with Gasteiger partial charge < -0.3 is 14.6 Å². The van der Waals surface area contributed by atoms with E-state index in [-0.39, 0.29) is 5.91 Å². The molecule has 5 heteroatoms. The topological polar surface area (TPSA) is 46.5 Å². The quantitative estimate of drug-likeness (QED) is 0.785. The second-order valence-electron chi connectivity index (χ2n) is 6.85. The molecule has 1 N–H and O–H groups in total. The monoisotopic (exact) mass is 319 g/mol. The zero-order valence-corrected chi connectivity index (χ0v) is 14.4. The van der Waals surface area contributed by atoms with E-state index in [4.69, 9.17) is 4.74 Å². The fourth-order valence-electron chi connectivity index (χ4n) is 3.53. The Hall–Kier alpha value is -1.33. The molecule has 1 atom stereocenters. The van der Waals surface area contributed by atoms with Crippen molar-refractivity contribution in [1.29, 1.82) is 0 Å². The van der Waals surface area contributed by atoms with Gasteiger partial charge in [-0.3, -0.25) is 9.69 Å². The van der Waals surface area contributed by atoms with E-state index < -0.39 is 0 Å². The van der Waals surface area contributed by atoms with Crippen LogP contribution in [0.2, 0.25) is 0 Å². The molecule has 5 nitrogen and oxygen atoms in total. The molecule has 1 saturated carbocycles.